The molecule has 3 aromatic rings. The maximum Gasteiger partial charge on any atom is 0.262 e. The number of rotatable bonds is 6. The number of carbonyl (C=O) groups is 2. The van der Waals surface area contributed by atoms with Gasteiger partial charge in [-0.15, -0.1) is 0 Å². The molecule has 1 aliphatic heterocycles. The maximum absolute atomic E-state index is 13.6. The van der Waals surface area contributed by atoms with Gasteiger partial charge < -0.3 is 9.64 Å². The number of benzene rings is 3. The van der Waals surface area contributed by atoms with E-state index in [4.69, 9.17) is 4.74 Å². The van der Waals surface area contributed by atoms with Gasteiger partial charge in [-0.2, -0.15) is 0 Å². The molecule has 0 fully saturated rings. The molecule has 32 heavy (non-hydrogen) atoms. The van der Waals surface area contributed by atoms with Gasteiger partial charge in [-0.05, 0) is 53.4 Å². The van der Waals surface area contributed by atoms with Crippen molar-refractivity contribution >= 4 is 28.6 Å². The number of anilines is 1. The highest BCUT2D eigenvalue weighted by molar-refractivity contribution is 6.49. The lowest BCUT2D eigenvalue weighted by Crippen LogP contribution is -2.31. The number of hydrogen-bond acceptors (Lipinski definition) is 4. The van der Waals surface area contributed by atoms with Crippen LogP contribution in [-0.4, -0.2) is 37.9 Å². The molecule has 0 atom stereocenters. The van der Waals surface area contributed by atoms with E-state index in [0.717, 1.165) is 33.7 Å². The van der Waals surface area contributed by atoms with Gasteiger partial charge in [0, 0.05) is 19.8 Å². The van der Waals surface area contributed by atoms with Crippen LogP contribution >= 0.6 is 0 Å². The van der Waals surface area contributed by atoms with E-state index in [9.17, 15) is 9.59 Å². The van der Waals surface area contributed by atoms with Gasteiger partial charge in [0.1, 0.15) is 5.75 Å². The van der Waals surface area contributed by atoms with Crippen LogP contribution in [0.15, 0.2) is 72.8 Å². The fraction of sp³-hybridized carbons (Fsp3) is 0.185. The Morgan fingerprint density at radius 3 is 2.03 bits per heavy atom. The normalized spacial score (nSPS) is 13.7. The Bertz CT molecular complexity index is 1190. The Kier molecular flexibility index (Phi) is 5.82. The number of amides is 2. The minimum absolute atomic E-state index is 0.205. The number of nitrogens with zero attached hydrogens (tertiary/aromatic N) is 2. The van der Waals surface area contributed by atoms with Crippen molar-refractivity contribution in [1.82, 2.24) is 4.90 Å². The lowest BCUT2D eigenvalue weighted by Gasteiger charge is -2.16. The number of imide groups is 1. The predicted octanol–water partition coefficient (Wildman–Crippen LogP) is 4.55. The van der Waals surface area contributed by atoms with E-state index < -0.39 is 0 Å². The van der Waals surface area contributed by atoms with Crippen molar-refractivity contribution in [3.63, 3.8) is 0 Å². The molecule has 3 aromatic carbocycles. The van der Waals surface area contributed by atoms with Gasteiger partial charge in [0.2, 0.25) is 0 Å². The Hall–Kier alpha value is -3.86. The molecule has 0 unspecified atom stereocenters. The molecule has 5 nitrogen and oxygen atoms in total. The quantitative estimate of drug-likeness (QED) is 0.543. The van der Waals surface area contributed by atoms with E-state index in [1.807, 2.05) is 98.7 Å². The Labute approximate surface area is 188 Å². The zero-order valence-electron chi connectivity index (χ0n) is 18.8. The third-order valence-corrected chi connectivity index (χ3v) is 5.75. The van der Waals surface area contributed by atoms with E-state index >= 15 is 0 Å². The van der Waals surface area contributed by atoms with Crippen molar-refractivity contribution in [2.24, 2.45) is 0 Å². The van der Waals surface area contributed by atoms with Gasteiger partial charge in [-0.3, -0.25) is 14.5 Å². The molecule has 0 spiro atoms. The zero-order chi connectivity index (χ0) is 22.8. The largest absolute Gasteiger partial charge is 0.497 e. The Balaban J connectivity index is 1.78. The van der Waals surface area contributed by atoms with Gasteiger partial charge in [0.25, 0.3) is 11.8 Å². The molecular formula is C27H26N2O3. The van der Waals surface area contributed by atoms with Gasteiger partial charge in [0.15, 0.2) is 0 Å². The highest BCUT2D eigenvalue weighted by atomic mass is 16.5. The monoisotopic (exact) mass is 426 g/mol. The fourth-order valence-corrected chi connectivity index (χ4v) is 3.93. The number of carbonyl (C=O) groups excluding carboxylic acids is 2. The van der Waals surface area contributed by atoms with Crippen molar-refractivity contribution < 1.29 is 14.3 Å². The van der Waals surface area contributed by atoms with Crippen molar-refractivity contribution in [1.29, 1.82) is 0 Å². The van der Waals surface area contributed by atoms with Crippen molar-refractivity contribution in [3.05, 3.63) is 95.1 Å². The number of hydrogen-bond donors (Lipinski definition) is 0. The summed E-state index contributed by atoms with van der Waals surface area (Å²) in [5.74, 6) is 0.182. The third kappa shape index (κ3) is 3.89. The van der Waals surface area contributed by atoms with Crippen molar-refractivity contribution in [2.45, 2.75) is 13.5 Å². The summed E-state index contributed by atoms with van der Waals surface area (Å²) in [7, 11) is 5.54. The summed E-state index contributed by atoms with van der Waals surface area (Å²) >= 11 is 0. The first-order valence-corrected chi connectivity index (χ1v) is 10.5. The summed E-state index contributed by atoms with van der Waals surface area (Å²) in [6.45, 7) is 2.16. The van der Waals surface area contributed by atoms with Crippen LogP contribution in [0.2, 0.25) is 0 Å². The molecular weight excluding hydrogens is 400 g/mol. The minimum Gasteiger partial charge on any atom is -0.497 e. The van der Waals surface area contributed by atoms with Crippen LogP contribution in [-0.2, 0) is 16.1 Å². The second-order valence-electron chi connectivity index (χ2n) is 8.05. The molecule has 1 aliphatic rings. The van der Waals surface area contributed by atoms with E-state index in [1.165, 1.54) is 4.90 Å². The maximum atomic E-state index is 13.6. The average Bonchev–Trinajstić information content (AvgIpc) is 3.04. The minimum atomic E-state index is -0.276. The Morgan fingerprint density at radius 2 is 1.44 bits per heavy atom. The van der Waals surface area contributed by atoms with Crippen LogP contribution in [0.5, 0.6) is 5.75 Å². The molecule has 0 radical (unpaired) electrons. The van der Waals surface area contributed by atoms with E-state index in [-0.39, 0.29) is 18.4 Å². The van der Waals surface area contributed by atoms with Crippen LogP contribution in [0.25, 0.3) is 11.1 Å². The highest BCUT2D eigenvalue weighted by Crippen LogP contribution is 2.38. The summed E-state index contributed by atoms with van der Waals surface area (Å²) in [6, 6.07) is 22.8. The molecule has 0 aromatic heterocycles. The van der Waals surface area contributed by atoms with Crippen molar-refractivity contribution in [2.75, 3.05) is 26.1 Å². The number of ether oxygens (including phenoxy) is 1. The number of aryl methyl sites for hydroxylation is 1. The SMILES string of the molecule is COc1ccc(CN2C(=O)C(c3ccc(N(C)C)cc3)=C(c3ccccc3C)C2=O)cc1. The first-order chi connectivity index (χ1) is 15.4. The second kappa shape index (κ2) is 8.71. The lowest BCUT2D eigenvalue weighted by atomic mass is 9.93. The molecule has 0 saturated heterocycles. The fourth-order valence-electron chi connectivity index (χ4n) is 3.93. The van der Waals surface area contributed by atoms with E-state index in [2.05, 4.69) is 0 Å². The van der Waals surface area contributed by atoms with Crippen LogP contribution in [0.4, 0.5) is 5.69 Å². The molecule has 0 N–H and O–H groups in total. The van der Waals surface area contributed by atoms with Crippen LogP contribution in [0.3, 0.4) is 0 Å². The Morgan fingerprint density at radius 1 is 0.812 bits per heavy atom. The predicted molar refractivity (Wildman–Crippen MR) is 127 cm³/mol. The van der Waals surface area contributed by atoms with Crippen LogP contribution < -0.4 is 9.64 Å². The standard InChI is InChI=1S/C27H26N2O3/c1-18-7-5-6-8-23(18)25-24(20-11-13-21(14-12-20)28(2)3)26(30)29(27(25)31)17-19-9-15-22(32-4)16-10-19/h5-16H,17H2,1-4H3. The van der Waals surface area contributed by atoms with Gasteiger partial charge >= 0.3 is 0 Å². The van der Waals surface area contributed by atoms with Crippen LogP contribution in [0.1, 0.15) is 22.3 Å². The molecule has 4 rings (SSSR count). The zero-order valence-corrected chi connectivity index (χ0v) is 18.8. The summed E-state index contributed by atoms with van der Waals surface area (Å²) in [4.78, 5) is 30.5. The van der Waals surface area contributed by atoms with Gasteiger partial charge in [0.05, 0.1) is 24.8 Å². The first kappa shape index (κ1) is 21.4. The first-order valence-electron chi connectivity index (χ1n) is 10.5. The molecule has 0 aliphatic carbocycles. The molecule has 162 valence electrons. The van der Waals surface area contributed by atoms with Gasteiger partial charge in [-0.25, -0.2) is 0 Å². The molecule has 1 heterocycles. The van der Waals surface area contributed by atoms with Gasteiger partial charge in [-0.1, -0.05) is 48.5 Å². The smallest absolute Gasteiger partial charge is 0.262 e. The summed E-state index contributed by atoms with van der Waals surface area (Å²) in [5.41, 5.74) is 5.28. The summed E-state index contributed by atoms with van der Waals surface area (Å²) < 4.78 is 5.21. The molecule has 0 bridgehead atoms. The topological polar surface area (TPSA) is 49.9 Å². The lowest BCUT2D eigenvalue weighted by molar-refractivity contribution is -0.136. The third-order valence-electron chi connectivity index (χ3n) is 5.75. The average molecular weight is 427 g/mol. The molecule has 5 heteroatoms. The van der Waals surface area contributed by atoms with Crippen molar-refractivity contribution in [3.8, 4) is 5.75 Å². The summed E-state index contributed by atoms with van der Waals surface area (Å²) in [5, 5.41) is 0. The summed E-state index contributed by atoms with van der Waals surface area (Å²) in [6.07, 6.45) is 0. The number of methoxy groups -OCH3 is 1. The van der Waals surface area contributed by atoms with E-state index in [0.29, 0.717) is 11.1 Å². The second-order valence-corrected chi connectivity index (χ2v) is 8.05. The van der Waals surface area contributed by atoms with E-state index in [1.54, 1.807) is 7.11 Å². The molecule has 2 amide bonds. The molecule has 0 saturated carbocycles. The van der Waals surface area contributed by atoms with Crippen LogP contribution in [0, 0.1) is 6.92 Å². The highest BCUT2D eigenvalue weighted by Gasteiger charge is 2.39.